The number of carbonyl (C=O) groups excluding carboxylic acids is 1. The van der Waals surface area contributed by atoms with E-state index in [-0.39, 0.29) is 17.9 Å². The van der Waals surface area contributed by atoms with Crippen molar-refractivity contribution >= 4 is 22.6 Å². The van der Waals surface area contributed by atoms with E-state index in [1.807, 2.05) is 6.07 Å². The highest BCUT2D eigenvalue weighted by molar-refractivity contribution is 5.91. The Balaban J connectivity index is 2.33. The number of carbonyl (C=O) groups is 1. The molecule has 0 amide bonds. The smallest absolute Gasteiger partial charge is 0.356 e. The molecule has 0 radical (unpaired) electrons. The third-order valence-electron chi connectivity index (χ3n) is 2.80. The second-order valence-corrected chi connectivity index (χ2v) is 4.25. The molecule has 0 aliphatic heterocycles. The summed E-state index contributed by atoms with van der Waals surface area (Å²) < 4.78 is 4.92. The summed E-state index contributed by atoms with van der Waals surface area (Å²) in [4.78, 5) is 15.9. The Kier molecular flexibility index (Phi) is 4.69. The van der Waals surface area contributed by atoms with Crippen LogP contribution in [0.2, 0.25) is 0 Å². The highest BCUT2D eigenvalue weighted by Crippen LogP contribution is 2.18. The van der Waals surface area contributed by atoms with Crippen LogP contribution in [0.3, 0.4) is 0 Å². The molecule has 2 rings (SSSR count). The summed E-state index contributed by atoms with van der Waals surface area (Å²) in [5.41, 5.74) is 1.47. The van der Waals surface area contributed by atoms with Gasteiger partial charge in [0.2, 0.25) is 0 Å². The van der Waals surface area contributed by atoms with Crippen LogP contribution in [0, 0.1) is 22.7 Å². The second-order valence-electron chi connectivity index (χ2n) is 4.25. The lowest BCUT2D eigenvalue weighted by molar-refractivity contribution is 0.0520. The first kappa shape index (κ1) is 15.0. The molecule has 6 nitrogen and oxygen atoms in total. The minimum absolute atomic E-state index is 0.0340. The van der Waals surface area contributed by atoms with Gasteiger partial charge < -0.3 is 10.1 Å². The average molecular weight is 292 g/mol. The Labute approximate surface area is 127 Å². The van der Waals surface area contributed by atoms with Gasteiger partial charge in [0.15, 0.2) is 0 Å². The first-order valence-corrected chi connectivity index (χ1v) is 6.52. The van der Waals surface area contributed by atoms with Crippen molar-refractivity contribution in [2.45, 2.75) is 6.92 Å². The molecule has 1 aromatic heterocycles. The van der Waals surface area contributed by atoms with Crippen LogP contribution in [0.1, 0.15) is 17.4 Å². The number of hydrogen-bond donors (Lipinski definition) is 1. The molecule has 1 N–H and O–H groups in total. The maximum absolute atomic E-state index is 11.7. The predicted molar refractivity (Wildman–Crippen MR) is 80.6 cm³/mol. The third kappa shape index (κ3) is 3.38. The molecule has 1 heterocycles. The number of fused-ring (bicyclic) bond motifs is 1. The molecule has 0 saturated heterocycles. The Morgan fingerprint density at radius 2 is 2.05 bits per heavy atom. The minimum atomic E-state index is -0.473. The lowest BCUT2D eigenvalue weighted by atomic mass is 10.2. The summed E-state index contributed by atoms with van der Waals surface area (Å²) in [6.45, 7) is 2.02. The minimum Gasteiger partial charge on any atom is -0.461 e. The van der Waals surface area contributed by atoms with Crippen LogP contribution < -0.4 is 5.32 Å². The van der Waals surface area contributed by atoms with Gasteiger partial charge in [0.1, 0.15) is 23.4 Å². The van der Waals surface area contributed by atoms with E-state index in [0.717, 1.165) is 5.39 Å². The fraction of sp³-hybridized carbons (Fsp3) is 0.125. The summed E-state index contributed by atoms with van der Waals surface area (Å²) in [6, 6.07) is 12.2. The van der Waals surface area contributed by atoms with Gasteiger partial charge in [-0.15, -0.1) is 0 Å². The highest BCUT2D eigenvalue weighted by atomic mass is 16.5. The summed E-state index contributed by atoms with van der Waals surface area (Å²) in [5.74, 6) is -0.473. The number of ether oxygens (including phenoxy) is 1. The van der Waals surface area contributed by atoms with Gasteiger partial charge in [0.25, 0.3) is 0 Å². The fourth-order valence-electron chi connectivity index (χ4n) is 1.77. The number of nitrogens with zero attached hydrogens (tertiary/aromatic N) is 3. The number of benzene rings is 1. The van der Waals surface area contributed by atoms with Crippen LogP contribution in [0.5, 0.6) is 0 Å². The number of esters is 1. The van der Waals surface area contributed by atoms with Gasteiger partial charge in [-0.3, -0.25) is 0 Å². The third-order valence-corrected chi connectivity index (χ3v) is 2.80. The van der Waals surface area contributed by atoms with Crippen molar-refractivity contribution in [2.75, 3.05) is 11.9 Å². The van der Waals surface area contributed by atoms with E-state index in [0.29, 0.717) is 11.2 Å². The zero-order valence-corrected chi connectivity index (χ0v) is 11.8. The van der Waals surface area contributed by atoms with Crippen molar-refractivity contribution in [1.82, 2.24) is 4.98 Å². The maximum atomic E-state index is 11.7. The summed E-state index contributed by atoms with van der Waals surface area (Å²) in [6.07, 6.45) is 1.32. The zero-order chi connectivity index (χ0) is 15.9. The molecular formula is C16H12N4O2. The number of allylic oxidation sites excluding steroid dienone is 1. The standard InChI is InChI=1S/C16H12N4O2/c1-2-22-16(21)14-6-4-12-3-5-13(7-15(12)20-14)19-10-11(8-17)9-18/h3-7,10,19H,2H2,1H3. The SMILES string of the molecule is CCOC(=O)c1ccc2ccc(NC=C(C#N)C#N)cc2n1. The van der Waals surface area contributed by atoms with E-state index in [1.54, 1.807) is 43.3 Å². The normalized spacial score (nSPS) is 9.41. The van der Waals surface area contributed by atoms with Gasteiger partial charge in [-0.2, -0.15) is 10.5 Å². The molecule has 108 valence electrons. The van der Waals surface area contributed by atoms with Gasteiger partial charge in [-0.25, -0.2) is 9.78 Å². The number of aromatic nitrogens is 1. The molecular weight excluding hydrogens is 280 g/mol. The van der Waals surface area contributed by atoms with Gasteiger partial charge in [-0.05, 0) is 25.1 Å². The van der Waals surface area contributed by atoms with Crippen molar-refractivity contribution in [2.24, 2.45) is 0 Å². The zero-order valence-electron chi connectivity index (χ0n) is 11.8. The molecule has 1 aromatic carbocycles. The van der Waals surface area contributed by atoms with Crippen LogP contribution in [0.25, 0.3) is 10.9 Å². The number of anilines is 1. The first-order valence-electron chi connectivity index (χ1n) is 6.52. The van der Waals surface area contributed by atoms with Crippen LogP contribution >= 0.6 is 0 Å². The molecule has 0 atom stereocenters. The molecule has 0 unspecified atom stereocenters. The Hall–Kier alpha value is -3.38. The van der Waals surface area contributed by atoms with E-state index < -0.39 is 5.97 Å². The van der Waals surface area contributed by atoms with Crippen molar-refractivity contribution in [3.8, 4) is 12.1 Å². The lowest BCUT2D eigenvalue weighted by Crippen LogP contribution is -2.06. The van der Waals surface area contributed by atoms with Crippen LogP contribution in [-0.4, -0.2) is 17.6 Å². The van der Waals surface area contributed by atoms with Gasteiger partial charge in [-0.1, -0.05) is 12.1 Å². The average Bonchev–Trinajstić information content (AvgIpc) is 2.55. The molecule has 0 bridgehead atoms. The summed E-state index contributed by atoms with van der Waals surface area (Å²) in [5, 5.41) is 21.1. The topological polar surface area (TPSA) is 98.8 Å². The highest BCUT2D eigenvalue weighted by Gasteiger charge is 2.09. The Morgan fingerprint density at radius 3 is 2.73 bits per heavy atom. The molecule has 0 fully saturated rings. The van der Waals surface area contributed by atoms with E-state index in [4.69, 9.17) is 15.3 Å². The van der Waals surface area contributed by atoms with Gasteiger partial charge >= 0.3 is 5.97 Å². The molecule has 0 spiro atoms. The molecule has 0 saturated carbocycles. The number of pyridine rings is 1. The molecule has 2 aromatic rings. The Morgan fingerprint density at radius 1 is 1.32 bits per heavy atom. The summed E-state index contributed by atoms with van der Waals surface area (Å²) >= 11 is 0. The largest absolute Gasteiger partial charge is 0.461 e. The lowest BCUT2D eigenvalue weighted by Gasteiger charge is -2.05. The van der Waals surface area contributed by atoms with E-state index >= 15 is 0 Å². The number of rotatable bonds is 4. The molecule has 6 heteroatoms. The van der Waals surface area contributed by atoms with E-state index in [2.05, 4.69) is 10.3 Å². The number of hydrogen-bond acceptors (Lipinski definition) is 6. The van der Waals surface area contributed by atoms with E-state index in [9.17, 15) is 4.79 Å². The van der Waals surface area contributed by atoms with Crippen LogP contribution in [-0.2, 0) is 4.74 Å². The van der Waals surface area contributed by atoms with Crippen molar-refractivity contribution in [1.29, 1.82) is 10.5 Å². The van der Waals surface area contributed by atoms with Gasteiger partial charge in [0.05, 0.1) is 12.1 Å². The van der Waals surface area contributed by atoms with Crippen molar-refractivity contribution in [3.05, 3.63) is 47.8 Å². The van der Waals surface area contributed by atoms with Crippen molar-refractivity contribution < 1.29 is 9.53 Å². The molecule has 0 aliphatic carbocycles. The van der Waals surface area contributed by atoms with Crippen LogP contribution in [0.15, 0.2) is 42.1 Å². The van der Waals surface area contributed by atoms with E-state index in [1.165, 1.54) is 6.20 Å². The Bertz CT molecular complexity index is 812. The predicted octanol–water partition coefficient (Wildman–Crippen LogP) is 2.75. The molecule has 0 aliphatic rings. The van der Waals surface area contributed by atoms with Crippen molar-refractivity contribution in [3.63, 3.8) is 0 Å². The molecule has 22 heavy (non-hydrogen) atoms. The maximum Gasteiger partial charge on any atom is 0.356 e. The number of nitrogens with one attached hydrogen (secondary N) is 1. The quantitative estimate of drug-likeness (QED) is 0.687. The fourth-order valence-corrected chi connectivity index (χ4v) is 1.77. The van der Waals surface area contributed by atoms with Crippen LogP contribution in [0.4, 0.5) is 5.69 Å². The second kappa shape index (κ2) is 6.87. The monoisotopic (exact) mass is 292 g/mol. The van der Waals surface area contributed by atoms with Gasteiger partial charge in [0, 0.05) is 17.3 Å². The number of nitriles is 2. The first-order chi connectivity index (χ1) is 10.7. The summed E-state index contributed by atoms with van der Waals surface area (Å²) in [7, 11) is 0.